The van der Waals surface area contributed by atoms with Crippen LogP contribution in [0.2, 0.25) is 0 Å². The van der Waals surface area contributed by atoms with Crippen LogP contribution < -0.4 is 0 Å². The van der Waals surface area contributed by atoms with Crippen molar-refractivity contribution in [1.82, 2.24) is 10.1 Å². The van der Waals surface area contributed by atoms with Gasteiger partial charge >= 0.3 is 0 Å². The summed E-state index contributed by atoms with van der Waals surface area (Å²) >= 11 is 0. The molecule has 1 unspecified atom stereocenters. The van der Waals surface area contributed by atoms with Crippen molar-refractivity contribution in [2.75, 3.05) is 6.61 Å². The van der Waals surface area contributed by atoms with Gasteiger partial charge in [0.15, 0.2) is 5.82 Å². The van der Waals surface area contributed by atoms with E-state index in [1.165, 1.54) is 0 Å². The van der Waals surface area contributed by atoms with Gasteiger partial charge in [-0.2, -0.15) is 4.98 Å². The van der Waals surface area contributed by atoms with E-state index in [2.05, 4.69) is 16.7 Å². The Bertz CT molecular complexity index is 290. The predicted octanol–water partition coefficient (Wildman–Crippen LogP) is 1.65. The molecule has 1 aromatic rings. The lowest BCUT2D eigenvalue weighted by Gasteiger charge is -2.00. The third-order valence-corrected chi connectivity index (χ3v) is 2.02. The average molecular weight is 180 g/mol. The SMILES string of the molecule is C=CCc1noc(C2CCCO2)n1. The minimum Gasteiger partial charge on any atom is -0.368 e. The maximum atomic E-state index is 5.41. The Morgan fingerprint density at radius 1 is 1.62 bits per heavy atom. The smallest absolute Gasteiger partial charge is 0.255 e. The second-order valence-corrected chi connectivity index (χ2v) is 3.04. The molecule has 0 aliphatic carbocycles. The fourth-order valence-corrected chi connectivity index (χ4v) is 1.38. The summed E-state index contributed by atoms with van der Waals surface area (Å²) in [4.78, 5) is 4.21. The molecule has 1 aromatic heterocycles. The number of hydrogen-bond donors (Lipinski definition) is 0. The fraction of sp³-hybridized carbons (Fsp3) is 0.556. The molecule has 0 saturated carbocycles. The number of ether oxygens (including phenoxy) is 1. The van der Waals surface area contributed by atoms with Gasteiger partial charge in [0.25, 0.3) is 5.89 Å². The van der Waals surface area contributed by atoms with Crippen molar-refractivity contribution in [1.29, 1.82) is 0 Å². The lowest BCUT2D eigenvalue weighted by Crippen LogP contribution is -1.96. The Balaban J connectivity index is 2.07. The molecule has 2 rings (SSSR count). The summed E-state index contributed by atoms with van der Waals surface area (Å²) in [5, 5.41) is 3.81. The molecule has 0 radical (unpaired) electrons. The van der Waals surface area contributed by atoms with E-state index in [1.54, 1.807) is 6.08 Å². The van der Waals surface area contributed by atoms with E-state index < -0.39 is 0 Å². The molecule has 0 N–H and O–H groups in total. The first-order valence-corrected chi connectivity index (χ1v) is 4.45. The van der Waals surface area contributed by atoms with Gasteiger partial charge in [-0.1, -0.05) is 11.2 Å². The first-order valence-electron chi connectivity index (χ1n) is 4.45. The molecule has 1 aliphatic rings. The number of nitrogens with zero attached hydrogens (tertiary/aromatic N) is 2. The van der Waals surface area contributed by atoms with Gasteiger partial charge in [0.2, 0.25) is 0 Å². The van der Waals surface area contributed by atoms with Gasteiger partial charge in [-0.3, -0.25) is 0 Å². The molecule has 70 valence electrons. The highest BCUT2D eigenvalue weighted by atomic mass is 16.5. The summed E-state index contributed by atoms with van der Waals surface area (Å²) in [7, 11) is 0. The third kappa shape index (κ3) is 1.78. The molecule has 4 nitrogen and oxygen atoms in total. The molecule has 1 atom stereocenters. The monoisotopic (exact) mass is 180 g/mol. The highest BCUT2D eigenvalue weighted by Gasteiger charge is 2.23. The summed E-state index contributed by atoms with van der Waals surface area (Å²) in [6.07, 6.45) is 4.48. The summed E-state index contributed by atoms with van der Waals surface area (Å²) in [6.45, 7) is 4.41. The van der Waals surface area contributed by atoms with E-state index in [1.807, 2.05) is 0 Å². The van der Waals surface area contributed by atoms with Crippen molar-refractivity contribution in [2.45, 2.75) is 25.4 Å². The van der Waals surface area contributed by atoms with Crippen LogP contribution in [0.5, 0.6) is 0 Å². The Morgan fingerprint density at radius 2 is 2.54 bits per heavy atom. The number of hydrogen-bond acceptors (Lipinski definition) is 4. The van der Waals surface area contributed by atoms with Crippen LogP contribution in [0.3, 0.4) is 0 Å². The zero-order valence-corrected chi connectivity index (χ0v) is 7.40. The molecular formula is C9H12N2O2. The van der Waals surface area contributed by atoms with Gasteiger partial charge in [0, 0.05) is 13.0 Å². The third-order valence-electron chi connectivity index (χ3n) is 2.02. The lowest BCUT2D eigenvalue weighted by molar-refractivity contribution is 0.0835. The van der Waals surface area contributed by atoms with Crippen molar-refractivity contribution in [3.63, 3.8) is 0 Å². The molecular weight excluding hydrogens is 168 g/mol. The highest BCUT2D eigenvalue weighted by molar-refractivity contribution is 4.95. The summed E-state index contributed by atoms with van der Waals surface area (Å²) < 4.78 is 10.5. The highest BCUT2D eigenvalue weighted by Crippen LogP contribution is 2.26. The van der Waals surface area contributed by atoms with Gasteiger partial charge in [-0.25, -0.2) is 0 Å². The molecule has 0 spiro atoms. The first kappa shape index (κ1) is 8.44. The van der Waals surface area contributed by atoms with Crippen LogP contribution in [-0.2, 0) is 11.2 Å². The van der Waals surface area contributed by atoms with Gasteiger partial charge < -0.3 is 9.26 Å². The maximum Gasteiger partial charge on any atom is 0.255 e. The second kappa shape index (κ2) is 3.70. The van der Waals surface area contributed by atoms with Crippen LogP contribution in [-0.4, -0.2) is 16.7 Å². The van der Waals surface area contributed by atoms with E-state index in [0.29, 0.717) is 18.1 Å². The second-order valence-electron chi connectivity index (χ2n) is 3.04. The van der Waals surface area contributed by atoms with E-state index in [0.717, 1.165) is 19.4 Å². The van der Waals surface area contributed by atoms with Crippen LogP contribution in [0.4, 0.5) is 0 Å². The molecule has 1 fully saturated rings. The van der Waals surface area contributed by atoms with Crippen LogP contribution in [0.15, 0.2) is 17.2 Å². The van der Waals surface area contributed by atoms with E-state index in [9.17, 15) is 0 Å². The summed E-state index contributed by atoms with van der Waals surface area (Å²) in [5.74, 6) is 1.29. The summed E-state index contributed by atoms with van der Waals surface area (Å²) in [6, 6.07) is 0. The van der Waals surface area contributed by atoms with Crippen molar-refractivity contribution >= 4 is 0 Å². The van der Waals surface area contributed by atoms with Crippen molar-refractivity contribution in [3.05, 3.63) is 24.4 Å². The number of aromatic nitrogens is 2. The zero-order valence-electron chi connectivity index (χ0n) is 7.40. The minimum atomic E-state index is 0.0195. The first-order chi connectivity index (χ1) is 6.40. The Hall–Kier alpha value is -1.16. The molecule has 1 saturated heterocycles. The number of rotatable bonds is 3. The van der Waals surface area contributed by atoms with Crippen LogP contribution in [0, 0.1) is 0 Å². The lowest BCUT2D eigenvalue weighted by atomic mass is 10.2. The number of allylic oxidation sites excluding steroid dienone is 1. The largest absolute Gasteiger partial charge is 0.368 e. The van der Waals surface area contributed by atoms with E-state index in [-0.39, 0.29) is 6.10 Å². The van der Waals surface area contributed by atoms with Gasteiger partial charge in [-0.15, -0.1) is 6.58 Å². The molecule has 13 heavy (non-hydrogen) atoms. The van der Waals surface area contributed by atoms with E-state index >= 15 is 0 Å². The predicted molar refractivity (Wildman–Crippen MR) is 46.1 cm³/mol. The Morgan fingerprint density at radius 3 is 3.23 bits per heavy atom. The van der Waals surface area contributed by atoms with Gasteiger partial charge in [0.1, 0.15) is 6.10 Å². The maximum absolute atomic E-state index is 5.41. The molecule has 0 amide bonds. The average Bonchev–Trinajstić information content (AvgIpc) is 2.70. The Labute approximate surface area is 76.6 Å². The van der Waals surface area contributed by atoms with Gasteiger partial charge in [0.05, 0.1) is 0 Å². The van der Waals surface area contributed by atoms with Crippen LogP contribution in [0.1, 0.15) is 30.7 Å². The minimum absolute atomic E-state index is 0.0195. The topological polar surface area (TPSA) is 48.2 Å². The Kier molecular flexibility index (Phi) is 2.40. The van der Waals surface area contributed by atoms with Crippen LogP contribution >= 0.6 is 0 Å². The standard InChI is InChI=1S/C9H12N2O2/c1-2-4-8-10-9(13-11-8)7-5-3-6-12-7/h2,7H,1,3-6H2. The molecule has 2 heterocycles. The van der Waals surface area contributed by atoms with E-state index in [4.69, 9.17) is 9.26 Å². The zero-order chi connectivity index (χ0) is 9.10. The molecule has 4 heteroatoms. The van der Waals surface area contributed by atoms with Crippen molar-refractivity contribution in [2.24, 2.45) is 0 Å². The quantitative estimate of drug-likeness (QED) is 0.663. The normalized spacial score (nSPS) is 22.0. The van der Waals surface area contributed by atoms with Gasteiger partial charge in [-0.05, 0) is 12.8 Å². The van der Waals surface area contributed by atoms with Crippen molar-refractivity contribution in [3.8, 4) is 0 Å². The van der Waals surface area contributed by atoms with Crippen molar-refractivity contribution < 1.29 is 9.26 Å². The fourth-order valence-electron chi connectivity index (χ4n) is 1.38. The molecule has 1 aliphatic heterocycles. The molecule has 0 aromatic carbocycles. The summed E-state index contributed by atoms with van der Waals surface area (Å²) in [5.41, 5.74) is 0. The van der Waals surface area contributed by atoms with Crippen LogP contribution in [0.25, 0.3) is 0 Å². The molecule has 0 bridgehead atoms.